The Morgan fingerprint density at radius 3 is 2.48 bits per heavy atom. The van der Waals surface area contributed by atoms with E-state index in [9.17, 15) is 9.90 Å². The van der Waals surface area contributed by atoms with Crippen LogP contribution in [0.1, 0.15) is 66.5 Å². The molecule has 1 heterocycles. The number of aryl methyl sites for hydroxylation is 3. The van der Waals surface area contributed by atoms with E-state index in [1.165, 1.54) is 5.56 Å². The highest BCUT2D eigenvalue weighted by molar-refractivity contribution is 5.94. The van der Waals surface area contributed by atoms with Crippen molar-refractivity contribution < 1.29 is 14.3 Å². The van der Waals surface area contributed by atoms with E-state index in [2.05, 4.69) is 38.2 Å². The lowest BCUT2D eigenvalue weighted by atomic mass is 10.00. The van der Waals surface area contributed by atoms with Crippen molar-refractivity contribution in [3.05, 3.63) is 64.4 Å². The van der Waals surface area contributed by atoms with Crippen molar-refractivity contribution in [1.82, 2.24) is 0 Å². The van der Waals surface area contributed by atoms with E-state index in [1.54, 1.807) is 18.2 Å². The molecule has 0 saturated carbocycles. The summed E-state index contributed by atoms with van der Waals surface area (Å²) in [5, 5.41) is 13.8. The molecule has 4 heteroatoms. The number of furan rings is 1. The topological polar surface area (TPSA) is 62.5 Å². The van der Waals surface area contributed by atoms with Crippen molar-refractivity contribution in [3.63, 3.8) is 0 Å². The molecule has 1 atom stereocenters. The second-order valence-corrected chi connectivity index (χ2v) is 6.45. The second kappa shape index (κ2) is 8.76. The molecule has 0 saturated heterocycles. The standard InChI is InChI=1S/C21H23NO3.C2H6/c1-5-19-13(3)16-10-12(2)11-17(20(16)25-19)14(4)22-18-9-7-6-8-15(18)21(23)24;1-2/h6-11,14,22H,5H2,1-4H3,(H,23,24);1-2H3. The van der Waals surface area contributed by atoms with Crippen molar-refractivity contribution in [1.29, 1.82) is 0 Å². The quantitative estimate of drug-likeness (QED) is 0.539. The van der Waals surface area contributed by atoms with Gasteiger partial charge >= 0.3 is 5.97 Å². The first-order valence-corrected chi connectivity index (χ1v) is 9.53. The van der Waals surface area contributed by atoms with Crippen LogP contribution in [-0.2, 0) is 6.42 Å². The highest BCUT2D eigenvalue weighted by atomic mass is 16.4. The number of carbonyl (C=O) groups is 1. The van der Waals surface area contributed by atoms with Crippen molar-refractivity contribution >= 4 is 22.6 Å². The van der Waals surface area contributed by atoms with Crippen molar-refractivity contribution in [2.24, 2.45) is 0 Å². The van der Waals surface area contributed by atoms with Gasteiger partial charge in [0.05, 0.1) is 11.6 Å². The average molecular weight is 367 g/mol. The fraction of sp³-hybridized carbons (Fsp3) is 0.348. The molecule has 144 valence electrons. The third-order valence-corrected chi connectivity index (χ3v) is 4.63. The fourth-order valence-electron chi connectivity index (χ4n) is 3.31. The molecule has 0 radical (unpaired) electrons. The summed E-state index contributed by atoms with van der Waals surface area (Å²) in [5.74, 6) is 0.0618. The van der Waals surface area contributed by atoms with Gasteiger partial charge in [0, 0.05) is 23.1 Å². The zero-order chi connectivity index (χ0) is 20.1. The third kappa shape index (κ3) is 4.16. The Bertz CT molecular complexity index is 940. The molecule has 0 aliphatic rings. The number of hydrogen-bond donors (Lipinski definition) is 2. The number of para-hydroxylation sites is 1. The fourth-order valence-corrected chi connectivity index (χ4v) is 3.31. The molecule has 3 rings (SSSR count). The van der Waals surface area contributed by atoms with Gasteiger partial charge in [-0.15, -0.1) is 0 Å². The number of anilines is 1. The molecule has 4 nitrogen and oxygen atoms in total. The minimum Gasteiger partial charge on any atom is -0.478 e. The van der Waals surface area contributed by atoms with E-state index in [4.69, 9.17) is 4.42 Å². The van der Waals surface area contributed by atoms with Crippen LogP contribution < -0.4 is 5.32 Å². The van der Waals surface area contributed by atoms with Crippen LogP contribution in [0.2, 0.25) is 0 Å². The van der Waals surface area contributed by atoms with Gasteiger partial charge in [-0.25, -0.2) is 4.79 Å². The van der Waals surface area contributed by atoms with Crippen LogP contribution in [-0.4, -0.2) is 11.1 Å². The minimum atomic E-state index is -0.938. The first-order chi connectivity index (χ1) is 12.9. The molecule has 0 fully saturated rings. The zero-order valence-corrected chi connectivity index (χ0v) is 17.0. The van der Waals surface area contributed by atoms with Gasteiger partial charge in [0.15, 0.2) is 0 Å². The van der Waals surface area contributed by atoms with E-state index >= 15 is 0 Å². The van der Waals surface area contributed by atoms with Crippen LogP contribution in [0.15, 0.2) is 40.8 Å². The molecule has 0 aliphatic carbocycles. The van der Waals surface area contributed by atoms with E-state index in [1.807, 2.05) is 26.8 Å². The Hall–Kier alpha value is -2.75. The van der Waals surface area contributed by atoms with Gasteiger partial charge in [-0.3, -0.25) is 0 Å². The van der Waals surface area contributed by atoms with Gasteiger partial charge in [0.2, 0.25) is 0 Å². The van der Waals surface area contributed by atoms with Crippen molar-refractivity contribution in [3.8, 4) is 0 Å². The van der Waals surface area contributed by atoms with Gasteiger partial charge < -0.3 is 14.8 Å². The van der Waals surface area contributed by atoms with Crippen LogP contribution in [0.3, 0.4) is 0 Å². The Morgan fingerprint density at radius 1 is 1.19 bits per heavy atom. The molecule has 27 heavy (non-hydrogen) atoms. The molecule has 0 aliphatic heterocycles. The van der Waals surface area contributed by atoms with Gasteiger partial charge in [-0.05, 0) is 50.1 Å². The van der Waals surface area contributed by atoms with E-state index < -0.39 is 5.97 Å². The van der Waals surface area contributed by atoms with Gasteiger partial charge in [-0.1, -0.05) is 39.0 Å². The van der Waals surface area contributed by atoms with Crippen molar-refractivity contribution in [2.75, 3.05) is 5.32 Å². The lowest BCUT2D eigenvalue weighted by Crippen LogP contribution is -2.11. The van der Waals surface area contributed by atoms with Gasteiger partial charge in [-0.2, -0.15) is 0 Å². The maximum Gasteiger partial charge on any atom is 0.337 e. The Balaban J connectivity index is 0.00000126. The normalized spacial score (nSPS) is 11.6. The number of rotatable bonds is 5. The SMILES string of the molecule is CC.CCc1oc2c(C(C)Nc3ccccc3C(=O)O)cc(C)cc2c1C. The smallest absolute Gasteiger partial charge is 0.337 e. The van der Waals surface area contributed by atoms with Crippen molar-refractivity contribution in [2.45, 2.75) is 54.0 Å². The molecule has 2 aromatic carbocycles. The third-order valence-electron chi connectivity index (χ3n) is 4.63. The number of carboxylic acid groups (broad SMARTS) is 1. The molecule has 2 N–H and O–H groups in total. The number of benzene rings is 2. The minimum absolute atomic E-state index is 0.0850. The summed E-state index contributed by atoms with van der Waals surface area (Å²) in [7, 11) is 0. The number of hydrogen-bond acceptors (Lipinski definition) is 3. The van der Waals surface area contributed by atoms with Crippen LogP contribution in [0.25, 0.3) is 11.0 Å². The first-order valence-electron chi connectivity index (χ1n) is 9.53. The average Bonchev–Trinajstić information content (AvgIpc) is 2.99. The number of nitrogens with one attached hydrogen (secondary N) is 1. The molecule has 0 amide bonds. The zero-order valence-electron chi connectivity index (χ0n) is 17.0. The summed E-state index contributed by atoms with van der Waals surface area (Å²) in [4.78, 5) is 11.4. The Labute approximate surface area is 161 Å². The molecular formula is C23H29NO3. The predicted octanol–water partition coefficient (Wildman–Crippen LogP) is 6.51. The molecular weight excluding hydrogens is 338 g/mol. The maximum atomic E-state index is 11.4. The second-order valence-electron chi connectivity index (χ2n) is 6.45. The van der Waals surface area contributed by atoms with E-state index in [0.29, 0.717) is 5.69 Å². The first kappa shape index (κ1) is 20.6. The number of carboxylic acids is 1. The summed E-state index contributed by atoms with van der Waals surface area (Å²) in [5.41, 5.74) is 5.14. The Morgan fingerprint density at radius 2 is 1.85 bits per heavy atom. The lowest BCUT2D eigenvalue weighted by molar-refractivity contribution is 0.0698. The molecule has 0 bridgehead atoms. The maximum absolute atomic E-state index is 11.4. The summed E-state index contributed by atoms with van der Waals surface area (Å²) in [6.45, 7) is 12.3. The Kier molecular flexibility index (Phi) is 6.67. The largest absolute Gasteiger partial charge is 0.478 e. The predicted molar refractivity (Wildman–Crippen MR) is 112 cm³/mol. The highest BCUT2D eigenvalue weighted by Crippen LogP contribution is 2.34. The summed E-state index contributed by atoms with van der Waals surface area (Å²) in [6.07, 6.45) is 0.850. The number of aromatic carboxylic acids is 1. The van der Waals surface area contributed by atoms with Crippen LogP contribution in [0.5, 0.6) is 0 Å². The highest BCUT2D eigenvalue weighted by Gasteiger charge is 2.19. The lowest BCUT2D eigenvalue weighted by Gasteiger charge is -2.18. The monoisotopic (exact) mass is 367 g/mol. The molecule has 0 spiro atoms. The summed E-state index contributed by atoms with van der Waals surface area (Å²) < 4.78 is 6.11. The molecule has 1 unspecified atom stereocenters. The summed E-state index contributed by atoms with van der Waals surface area (Å²) in [6, 6.07) is 11.1. The van der Waals surface area contributed by atoms with E-state index in [0.717, 1.165) is 34.3 Å². The molecule has 3 aromatic rings. The van der Waals surface area contributed by atoms with Crippen LogP contribution >= 0.6 is 0 Å². The summed E-state index contributed by atoms with van der Waals surface area (Å²) >= 11 is 0. The van der Waals surface area contributed by atoms with Gasteiger partial charge in [0.1, 0.15) is 11.3 Å². The van der Waals surface area contributed by atoms with Crippen LogP contribution in [0, 0.1) is 13.8 Å². The van der Waals surface area contributed by atoms with Crippen LogP contribution in [0.4, 0.5) is 5.69 Å². The van der Waals surface area contributed by atoms with E-state index in [-0.39, 0.29) is 11.6 Å². The number of fused-ring (bicyclic) bond motifs is 1. The van der Waals surface area contributed by atoms with Gasteiger partial charge in [0.25, 0.3) is 0 Å². The molecule has 1 aromatic heterocycles.